The Morgan fingerprint density at radius 3 is 2.49 bits per heavy atom. The van der Waals surface area contributed by atoms with Crippen LogP contribution in [-0.4, -0.2) is 62.5 Å². The van der Waals surface area contributed by atoms with Gasteiger partial charge in [-0.3, -0.25) is 14.3 Å². The maximum atomic E-state index is 15.5. The highest BCUT2D eigenvalue weighted by atomic mass is 19.4. The molecule has 2 aromatic carbocycles. The number of anilines is 1. The highest BCUT2D eigenvalue weighted by Crippen LogP contribution is 2.33. The number of aromatic nitrogens is 3. The van der Waals surface area contributed by atoms with E-state index in [2.05, 4.69) is 20.2 Å². The lowest BCUT2D eigenvalue weighted by molar-refractivity contribution is -0.137. The molecule has 0 radical (unpaired) electrons. The van der Waals surface area contributed by atoms with Crippen molar-refractivity contribution >= 4 is 28.5 Å². The summed E-state index contributed by atoms with van der Waals surface area (Å²) in [6.45, 7) is 6.29. The van der Waals surface area contributed by atoms with Crippen molar-refractivity contribution in [1.82, 2.24) is 24.3 Å². The quantitative estimate of drug-likeness (QED) is 0.322. The number of carbonyl (C=O) groups excluding carboxylic acids is 2. The molecule has 1 N–H and O–H groups in total. The van der Waals surface area contributed by atoms with Crippen molar-refractivity contribution in [3.05, 3.63) is 77.6 Å². The Balaban J connectivity index is 1.32. The molecule has 1 fully saturated rings. The van der Waals surface area contributed by atoms with Gasteiger partial charge in [0.1, 0.15) is 6.33 Å². The molecule has 214 valence electrons. The van der Waals surface area contributed by atoms with Crippen LogP contribution in [0.3, 0.4) is 0 Å². The van der Waals surface area contributed by atoms with Crippen molar-refractivity contribution in [3.63, 3.8) is 0 Å². The van der Waals surface area contributed by atoms with Gasteiger partial charge in [-0.05, 0) is 43.3 Å². The zero-order chi connectivity index (χ0) is 29.3. The average molecular weight is 571 g/mol. The number of rotatable bonds is 5. The van der Waals surface area contributed by atoms with E-state index in [4.69, 9.17) is 4.74 Å². The van der Waals surface area contributed by atoms with Crippen molar-refractivity contribution < 1.29 is 31.9 Å². The molecule has 0 bridgehead atoms. The molecule has 41 heavy (non-hydrogen) atoms. The van der Waals surface area contributed by atoms with Crippen LogP contribution in [0.2, 0.25) is 0 Å². The van der Waals surface area contributed by atoms with Crippen LogP contribution in [0, 0.1) is 12.7 Å². The number of carbonyl (C=O) groups is 2. The molecule has 13 heteroatoms. The molecule has 2 aromatic heterocycles. The van der Waals surface area contributed by atoms with E-state index in [1.807, 2.05) is 0 Å². The summed E-state index contributed by atoms with van der Waals surface area (Å²) < 4.78 is 61.6. The predicted molar refractivity (Wildman–Crippen MR) is 142 cm³/mol. The molecule has 0 saturated carbocycles. The van der Waals surface area contributed by atoms with Gasteiger partial charge in [0.05, 0.1) is 16.8 Å². The molecule has 1 aliphatic rings. The van der Waals surface area contributed by atoms with Crippen LogP contribution >= 0.6 is 0 Å². The number of nitrogens with one attached hydrogen (secondary N) is 1. The minimum Gasteiger partial charge on any atom is -0.436 e. The van der Waals surface area contributed by atoms with Gasteiger partial charge in [-0.2, -0.15) is 13.2 Å². The van der Waals surface area contributed by atoms with Crippen molar-refractivity contribution in [3.8, 4) is 11.6 Å². The molecule has 0 aliphatic carbocycles. The summed E-state index contributed by atoms with van der Waals surface area (Å²) in [7, 11) is 0. The monoisotopic (exact) mass is 570 g/mol. The molecule has 0 atom stereocenters. The van der Waals surface area contributed by atoms with Gasteiger partial charge in [-0.25, -0.2) is 19.2 Å². The first-order chi connectivity index (χ1) is 19.5. The van der Waals surface area contributed by atoms with E-state index in [9.17, 15) is 22.8 Å². The Kier molecular flexibility index (Phi) is 7.63. The van der Waals surface area contributed by atoms with Gasteiger partial charge in [-0.15, -0.1) is 0 Å². The Bertz CT molecular complexity index is 1610. The topological polar surface area (TPSA) is 92.6 Å². The Hall–Kier alpha value is -4.52. The van der Waals surface area contributed by atoms with E-state index in [1.54, 1.807) is 24.8 Å². The average Bonchev–Trinajstić information content (AvgIpc) is 3.27. The molecule has 1 aliphatic heterocycles. The lowest BCUT2D eigenvalue weighted by atomic mass is 10.2. The highest BCUT2D eigenvalue weighted by molar-refractivity contribution is 6.00. The predicted octanol–water partition coefficient (Wildman–Crippen LogP) is 5.43. The fourth-order valence-corrected chi connectivity index (χ4v) is 4.74. The number of alkyl halides is 3. The Morgan fingerprint density at radius 2 is 1.78 bits per heavy atom. The summed E-state index contributed by atoms with van der Waals surface area (Å²) in [6.07, 6.45) is -3.24. The first-order valence-corrected chi connectivity index (χ1v) is 12.8. The number of hydrogen-bond acceptors (Lipinski definition) is 6. The number of piperazine rings is 1. The summed E-state index contributed by atoms with van der Waals surface area (Å²) in [5.74, 6) is -0.665. The summed E-state index contributed by atoms with van der Waals surface area (Å²) in [5, 5.41) is 2.54. The van der Waals surface area contributed by atoms with Gasteiger partial charge in [-0.1, -0.05) is 6.07 Å². The summed E-state index contributed by atoms with van der Waals surface area (Å²) in [6, 6.07) is 9.42. The zero-order valence-corrected chi connectivity index (χ0v) is 22.2. The molecule has 4 aromatic rings. The number of fused-ring (bicyclic) bond motifs is 1. The second-order valence-corrected chi connectivity index (χ2v) is 9.67. The van der Waals surface area contributed by atoms with Crippen molar-refractivity contribution in [2.45, 2.75) is 26.6 Å². The minimum atomic E-state index is -4.56. The molecule has 0 unspecified atom stereocenters. The van der Waals surface area contributed by atoms with Gasteiger partial charge in [0.25, 0.3) is 0 Å². The highest BCUT2D eigenvalue weighted by Gasteiger charge is 2.30. The maximum absolute atomic E-state index is 15.5. The number of halogens is 4. The lowest BCUT2D eigenvalue weighted by Crippen LogP contribution is -2.47. The molecule has 3 heterocycles. The number of benzene rings is 2. The van der Waals surface area contributed by atoms with E-state index in [-0.39, 0.29) is 34.1 Å². The standard InChI is InChI=1S/C28H26F4N6O3/c1-17-12-22-23(38(17)27(40)35-20-5-3-4-19(13-20)28(30,31)32)6-7-24(26(22)29)41-25-14-21(33-16-34-25)15-36-8-10-37(11-9-36)18(2)39/h3-7,12-14,16H,8-11,15H2,1-2H3,(H,35,40). The second-order valence-electron chi connectivity index (χ2n) is 9.67. The van der Waals surface area contributed by atoms with Crippen LogP contribution in [0.25, 0.3) is 10.9 Å². The number of nitrogens with zero attached hydrogens (tertiary/aromatic N) is 5. The van der Waals surface area contributed by atoms with Gasteiger partial charge >= 0.3 is 12.2 Å². The zero-order valence-electron chi connectivity index (χ0n) is 22.2. The third-order valence-electron chi connectivity index (χ3n) is 6.83. The SMILES string of the molecule is CC(=O)N1CCN(Cc2cc(Oc3ccc4c(cc(C)n4C(=O)Nc4cccc(C(F)(F)F)c4)c3F)ncn2)CC1. The van der Waals surface area contributed by atoms with Gasteiger partial charge in [0, 0.05) is 62.5 Å². The van der Waals surface area contributed by atoms with Crippen LogP contribution in [0.4, 0.5) is 28.0 Å². The van der Waals surface area contributed by atoms with Crippen LogP contribution in [0.15, 0.2) is 54.9 Å². The third-order valence-corrected chi connectivity index (χ3v) is 6.83. The first-order valence-electron chi connectivity index (χ1n) is 12.8. The van der Waals surface area contributed by atoms with Gasteiger partial charge < -0.3 is 15.0 Å². The fourth-order valence-electron chi connectivity index (χ4n) is 4.74. The van der Waals surface area contributed by atoms with Crippen LogP contribution in [0.5, 0.6) is 11.6 Å². The van der Waals surface area contributed by atoms with E-state index >= 15 is 4.39 Å². The van der Waals surface area contributed by atoms with Crippen molar-refractivity contribution in [2.24, 2.45) is 0 Å². The molecular weight excluding hydrogens is 544 g/mol. The molecule has 0 spiro atoms. The fraction of sp³-hybridized carbons (Fsp3) is 0.286. The van der Waals surface area contributed by atoms with Crippen molar-refractivity contribution in [2.75, 3.05) is 31.5 Å². The number of aryl methyl sites for hydroxylation is 1. The van der Waals surface area contributed by atoms with E-state index in [1.165, 1.54) is 41.2 Å². The van der Waals surface area contributed by atoms with E-state index in [0.717, 1.165) is 12.1 Å². The van der Waals surface area contributed by atoms with E-state index in [0.29, 0.717) is 44.1 Å². The van der Waals surface area contributed by atoms with E-state index < -0.39 is 23.6 Å². The van der Waals surface area contributed by atoms with Crippen LogP contribution in [0.1, 0.15) is 23.9 Å². The largest absolute Gasteiger partial charge is 0.436 e. The molecule has 5 rings (SSSR count). The maximum Gasteiger partial charge on any atom is 0.416 e. The number of ether oxygens (including phenoxy) is 1. The number of hydrogen-bond donors (Lipinski definition) is 1. The van der Waals surface area contributed by atoms with Crippen LogP contribution < -0.4 is 10.1 Å². The molecule has 9 nitrogen and oxygen atoms in total. The van der Waals surface area contributed by atoms with Gasteiger partial charge in [0.15, 0.2) is 11.6 Å². The van der Waals surface area contributed by atoms with Gasteiger partial charge in [0.2, 0.25) is 11.8 Å². The Morgan fingerprint density at radius 1 is 1.02 bits per heavy atom. The molecule has 2 amide bonds. The van der Waals surface area contributed by atoms with Crippen molar-refractivity contribution in [1.29, 1.82) is 0 Å². The summed E-state index contributed by atoms with van der Waals surface area (Å²) >= 11 is 0. The molecule has 1 saturated heterocycles. The first kappa shape index (κ1) is 28.0. The Labute approximate surface area is 232 Å². The molecular formula is C28H26F4N6O3. The summed E-state index contributed by atoms with van der Waals surface area (Å²) in [5.41, 5.74) is 0.299. The lowest BCUT2D eigenvalue weighted by Gasteiger charge is -2.33. The van der Waals surface area contributed by atoms with Crippen LogP contribution in [-0.2, 0) is 17.5 Å². The third kappa shape index (κ3) is 6.14. The number of amides is 2. The minimum absolute atomic E-state index is 0.0447. The normalized spacial score (nSPS) is 14.3. The smallest absolute Gasteiger partial charge is 0.416 e. The second kappa shape index (κ2) is 11.2. The summed E-state index contributed by atoms with van der Waals surface area (Å²) in [4.78, 5) is 36.8.